The molecule has 1 aliphatic rings. The average molecular weight is 311 g/mol. The summed E-state index contributed by atoms with van der Waals surface area (Å²) in [6.07, 6.45) is 0. The van der Waals surface area contributed by atoms with E-state index in [2.05, 4.69) is 13.8 Å². The van der Waals surface area contributed by atoms with E-state index in [1.165, 1.54) is 0 Å². The predicted molar refractivity (Wildman–Crippen MR) is 88.9 cm³/mol. The molecule has 120 valence electrons. The zero-order valence-corrected chi connectivity index (χ0v) is 13.9. The summed E-state index contributed by atoms with van der Waals surface area (Å²) in [5.74, 6) is 1.52. The van der Waals surface area contributed by atoms with Gasteiger partial charge in [-0.3, -0.25) is 4.79 Å². The third-order valence-electron chi connectivity index (χ3n) is 4.56. The van der Waals surface area contributed by atoms with Crippen molar-refractivity contribution in [3.8, 4) is 11.5 Å². The van der Waals surface area contributed by atoms with Crippen LogP contribution in [0.4, 0.5) is 0 Å². The molecule has 0 unspecified atom stereocenters. The number of carbonyl (C=O) groups excluding carboxylic acids is 1. The van der Waals surface area contributed by atoms with Crippen molar-refractivity contribution in [2.45, 2.75) is 25.9 Å². The number of benzene rings is 2. The van der Waals surface area contributed by atoms with E-state index in [1.807, 2.05) is 47.4 Å². The zero-order chi connectivity index (χ0) is 16.6. The molecule has 1 amide bonds. The average Bonchev–Trinajstić information content (AvgIpc) is 2.76. The van der Waals surface area contributed by atoms with Crippen molar-refractivity contribution < 1.29 is 14.3 Å². The van der Waals surface area contributed by atoms with Gasteiger partial charge >= 0.3 is 0 Å². The Bertz CT molecular complexity index is 752. The Morgan fingerprint density at radius 1 is 1.04 bits per heavy atom. The van der Waals surface area contributed by atoms with E-state index in [-0.39, 0.29) is 11.4 Å². The van der Waals surface area contributed by atoms with Crippen LogP contribution in [-0.2, 0) is 12.1 Å². The Labute approximate surface area is 136 Å². The van der Waals surface area contributed by atoms with Gasteiger partial charge in [0.25, 0.3) is 5.91 Å². The lowest BCUT2D eigenvalue weighted by molar-refractivity contribution is 0.0593. The maximum atomic E-state index is 12.8. The van der Waals surface area contributed by atoms with Gasteiger partial charge in [0.2, 0.25) is 0 Å². The second-order valence-corrected chi connectivity index (χ2v) is 6.17. The Hall–Kier alpha value is -2.49. The molecule has 0 bridgehead atoms. The molecular formula is C19H21NO3. The first-order valence-corrected chi connectivity index (χ1v) is 7.61. The standard InChI is InChI=1S/C19H21NO3/c1-19(2)16-8-6-5-7-15(16)18(21)20(19)12-13-9-10-14(22-3)11-17(13)23-4/h5-11H,12H2,1-4H3. The highest BCUT2D eigenvalue weighted by molar-refractivity contribution is 5.99. The second-order valence-electron chi connectivity index (χ2n) is 6.17. The number of ether oxygens (including phenoxy) is 2. The van der Waals surface area contributed by atoms with Crippen LogP contribution in [0.2, 0.25) is 0 Å². The molecular weight excluding hydrogens is 290 g/mol. The molecule has 2 aromatic carbocycles. The van der Waals surface area contributed by atoms with Gasteiger partial charge in [0.05, 0.1) is 26.3 Å². The van der Waals surface area contributed by atoms with Crippen LogP contribution in [0.1, 0.15) is 35.3 Å². The summed E-state index contributed by atoms with van der Waals surface area (Å²) in [5.41, 5.74) is 2.46. The third-order valence-corrected chi connectivity index (χ3v) is 4.56. The van der Waals surface area contributed by atoms with Crippen LogP contribution in [0.25, 0.3) is 0 Å². The minimum absolute atomic E-state index is 0.0588. The first-order valence-electron chi connectivity index (χ1n) is 7.61. The van der Waals surface area contributed by atoms with Gasteiger partial charge in [0.1, 0.15) is 11.5 Å². The largest absolute Gasteiger partial charge is 0.497 e. The zero-order valence-electron chi connectivity index (χ0n) is 13.9. The number of nitrogens with zero attached hydrogens (tertiary/aromatic N) is 1. The van der Waals surface area contributed by atoms with Crippen LogP contribution in [0, 0.1) is 0 Å². The van der Waals surface area contributed by atoms with Crippen molar-refractivity contribution in [2.75, 3.05) is 14.2 Å². The summed E-state index contributed by atoms with van der Waals surface area (Å²) < 4.78 is 10.7. The minimum Gasteiger partial charge on any atom is -0.497 e. The van der Waals surface area contributed by atoms with E-state index < -0.39 is 0 Å². The summed E-state index contributed by atoms with van der Waals surface area (Å²) in [6.45, 7) is 4.65. The lowest BCUT2D eigenvalue weighted by atomic mass is 9.93. The van der Waals surface area contributed by atoms with Crippen molar-refractivity contribution in [1.29, 1.82) is 0 Å². The maximum absolute atomic E-state index is 12.8. The number of hydrogen-bond donors (Lipinski definition) is 0. The summed E-state index contributed by atoms with van der Waals surface area (Å²) in [7, 11) is 3.25. The first kappa shape index (κ1) is 15.4. The van der Waals surface area contributed by atoms with Crippen molar-refractivity contribution >= 4 is 5.91 Å². The summed E-state index contributed by atoms with van der Waals surface area (Å²) >= 11 is 0. The molecule has 0 aliphatic carbocycles. The molecule has 23 heavy (non-hydrogen) atoms. The normalized spacial score (nSPS) is 15.5. The summed E-state index contributed by atoms with van der Waals surface area (Å²) in [6, 6.07) is 13.5. The Balaban J connectivity index is 1.97. The Morgan fingerprint density at radius 3 is 2.43 bits per heavy atom. The molecule has 0 atom stereocenters. The molecule has 0 radical (unpaired) electrons. The van der Waals surface area contributed by atoms with Gasteiger partial charge in [-0.1, -0.05) is 18.2 Å². The van der Waals surface area contributed by atoms with Crippen LogP contribution in [-0.4, -0.2) is 25.0 Å². The van der Waals surface area contributed by atoms with E-state index in [4.69, 9.17) is 9.47 Å². The van der Waals surface area contributed by atoms with Crippen molar-refractivity contribution in [3.63, 3.8) is 0 Å². The van der Waals surface area contributed by atoms with E-state index in [1.54, 1.807) is 14.2 Å². The number of methoxy groups -OCH3 is 2. The molecule has 1 aliphatic heterocycles. The fraction of sp³-hybridized carbons (Fsp3) is 0.316. The molecule has 0 saturated heterocycles. The fourth-order valence-electron chi connectivity index (χ4n) is 3.17. The van der Waals surface area contributed by atoms with Crippen LogP contribution < -0.4 is 9.47 Å². The lowest BCUT2D eigenvalue weighted by Crippen LogP contribution is -2.38. The number of rotatable bonds is 4. The van der Waals surface area contributed by atoms with Crippen LogP contribution in [0.15, 0.2) is 42.5 Å². The number of hydrogen-bond acceptors (Lipinski definition) is 3. The van der Waals surface area contributed by atoms with Crippen LogP contribution in [0.3, 0.4) is 0 Å². The topological polar surface area (TPSA) is 38.8 Å². The lowest BCUT2D eigenvalue weighted by Gasteiger charge is -2.33. The van der Waals surface area contributed by atoms with Gasteiger partial charge in [-0.05, 0) is 37.6 Å². The minimum atomic E-state index is -0.349. The van der Waals surface area contributed by atoms with Gasteiger partial charge in [-0.15, -0.1) is 0 Å². The predicted octanol–water partition coefficient (Wildman–Crippen LogP) is 3.59. The van der Waals surface area contributed by atoms with Crippen molar-refractivity contribution in [1.82, 2.24) is 4.90 Å². The van der Waals surface area contributed by atoms with Gasteiger partial charge in [0, 0.05) is 17.2 Å². The summed E-state index contributed by atoms with van der Waals surface area (Å²) in [5, 5.41) is 0. The van der Waals surface area contributed by atoms with Crippen LogP contribution >= 0.6 is 0 Å². The van der Waals surface area contributed by atoms with Crippen LogP contribution in [0.5, 0.6) is 11.5 Å². The number of carbonyl (C=O) groups is 1. The molecule has 0 saturated carbocycles. The highest BCUT2D eigenvalue weighted by Gasteiger charge is 2.42. The monoisotopic (exact) mass is 311 g/mol. The van der Waals surface area contributed by atoms with Gasteiger partial charge in [-0.25, -0.2) is 0 Å². The molecule has 0 aromatic heterocycles. The summed E-state index contributed by atoms with van der Waals surface area (Å²) in [4.78, 5) is 14.7. The molecule has 0 fully saturated rings. The highest BCUT2D eigenvalue weighted by atomic mass is 16.5. The molecule has 0 spiro atoms. The fourth-order valence-corrected chi connectivity index (χ4v) is 3.17. The molecule has 1 heterocycles. The van der Waals surface area contributed by atoms with E-state index in [0.29, 0.717) is 6.54 Å². The maximum Gasteiger partial charge on any atom is 0.255 e. The Morgan fingerprint density at radius 2 is 1.78 bits per heavy atom. The van der Waals surface area contributed by atoms with Gasteiger partial charge < -0.3 is 14.4 Å². The first-order chi connectivity index (χ1) is 11.0. The quantitative estimate of drug-likeness (QED) is 0.866. The second kappa shape index (κ2) is 5.61. The molecule has 4 nitrogen and oxygen atoms in total. The molecule has 2 aromatic rings. The van der Waals surface area contributed by atoms with E-state index >= 15 is 0 Å². The van der Waals surface area contributed by atoms with E-state index in [0.717, 1.165) is 28.2 Å². The molecule has 0 N–H and O–H groups in total. The van der Waals surface area contributed by atoms with Gasteiger partial charge in [0.15, 0.2) is 0 Å². The smallest absolute Gasteiger partial charge is 0.255 e. The van der Waals surface area contributed by atoms with E-state index in [9.17, 15) is 4.79 Å². The highest BCUT2D eigenvalue weighted by Crippen LogP contribution is 2.40. The van der Waals surface area contributed by atoms with Crippen molar-refractivity contribution in [3.05, 3.63) is 59.2 Å². The Kier molecular flexibility index (Phi) is 3.76. The van der Waals surface area contributed by atoms with Crippen molar-refractivity contribution in [2.24, 2.45) is 0 Å². The number of amides is 1. The SMILES string of the molecule is COc1ccc(CN2C(=O)c3ccccc3C2(C)C)c(OC)c1. The number of fused-ring (bicyclic) bond motifs is 1. The molecule has 4 heteroatoms. The van der Waals surface area contributed by atoms with Gasteiger partial charge in [-0.2, -0.15) is 0 Å². The third kappa shape index (κ3) is 2.44. The molecule has 3 rings (SSSR count).